The number of rotatable bonds is 1. The van der Waals surface area contributed by atoms with Gasteiger partial charge in [-0.3, -0.25) is 0 Å². The zero-order valence-electron chi connectivity index (χ0n) is 8.85. The molecule has 3 rings (SSSR count). The second kappa shape index (κ2) is 3.79. The van der Waals surface area contributed by atoms with E-state index >= 15 is 0 Å². The van der Waals surface area contributed by atoms with E-state index in [1.165, 1.54) is 0 Å². The molecule has 0 radical (unpaired) electrons. The fourth-order valence-corrected chi connectivity index (χ4v) is 1.82. The van der Waals surface area contributed by atoms with Crippen molar-refractivity contribution in [1.82, 2.24) is 4.98 Å². The Bertz CT molecular complexity index is 673. The smallest absolute Gasteiger partial charge is 0.227 e. The summed E-state index contributed by atoms with van der Waals surface area (Å²) >= 11 is 5.90. The van der Waals surface area contributed by atoms with Crippen LogP contribution in [0.15, 0.2) is 46.9 Å². The van der Waals surface area contributed by atoms with Gasteiger partial charge in [-0.15, -0.1) is 0 Å². The number of nitrogens with two attached hydrogens (primary N) is 1. The summed E-state index contributed by atoms with van der Waals surface area (Å²) in [6, 6.07) is 12.8. The van der Waals surface area contributed by atoms with Crippen LogP contribution in [0.4, 0.5) is 5.69 Å². The minimum absolute atomic E-state index is 0.572. The zero-order valence-corrected chi connectivity index (χ0v) is 9.61. The second-order valence-electron chi connectivity index (χ2n) is 3.75. The molecule has 0 bridgehead atoms. The first-order chi connectivity index (χ1) is 8.22. The quantitative estimate of drug-likeness (QED) is 0.664. The average Bonchev–Trinajstić information content (AvgIpc) is 2.72. The van der Waals surface area contributed by atoms with Gasteiger partial charge in [0.2, 0.25) is 5.89 Å². The minimum atomic E-state index is 0.572. The van der Waals surface area contributed by atoms with E-state index in [-0.39, 0.29) is 0 Å². The van der Waals surface area contributed by atoms with E-state index in [2.05, 4.69) is 4.98 Å². The van der Waals surface area contributed by atoms with Gasteiger partial charge in [-0.25, -0.2) is 4.98 Å². The lowest BCUT2D eigenvalue weighted by Crippen LogP contribution is -1.83. The highest BCUT2D eigenvalue weighted by atomic mass is 35.5. The fourth-order valence-electron chi connectivity index (χ4n) is 1.65. The van der Waals surface area contributed by atoms with Crippen LogP contribution in [0.1, 0.15) is 0 Å². The van der Waals surface area contributed by atoms with Crippen molar-refractivity contribution >= 4 is 28.4 Å². The Balaban J connectivity index is 2.14. The van der Waals surface area contributed by atoms with Crippen molar-refractivity contribution in [3.05, 3.63) is 47.5 Å². The van der Waals surface area contributed by atoms with Gasteiger partial charge < -0.3 is 10.2 Å². The Kier molecular flexibility index (Phi) is 2.27. The normalized spacial score (nSPS) is 10.9. The minimum Gasteiger partial charge on any atom is -0.436 e. The van der Waals surface area contributed by atoms with E-state index < -0.39 is 0 Å². The second-order valence-corrected chi connectivity index (χ2v) is 4.19. The van der Waals surface area contributed by atoms with Crippen LogP contribution in [0.5, 0.6) is 0 Å². The average molecular weight is 245 g/mol. The maximum Gasteiger partial charge on any atom is 0.227 e. The predicted octanol–water partition coefficient (Wildman–Crippen LogP) is 3.73. The predicted molar refractivity (Wildman–Crippen MR) is 68.9 cm³/mol. The number of hydrogen-bond donors (Lipinski definition) is 1. The van der Waals surface area contributed by atoms with Gasteiger partial charge in [0.25, 0.3) is 0 Å². The monoisotopic (exact) mass is 244 g/mol. The number of fused-ring (bicyclic) bond motifs is 1. The lowest BCUT2D eigenvalue weighted by atomic mass is 10.2. The molecule has 0 saturated heterocycles. The number of nitrogens with zero attached hydrogens (tertiary/aromatic N) is 1. The van der Waals surface area contributed by atoms with E-state index in [4.69, 9.17) is 21.8 Å². The molecule has 1 heterocycles. The number of hydrogen-bond acceptors (Lipinski definition) is 3. The van der Waals surface area contributed by atoms with Crippen LogP contribution >= 0.6 is 11.6 Å². The molecule has 4 heteroatoms. The van der Waals surface area contributed by atoms with Gasteiger partial charge in [-0.1, -0.05) is 11.6 Å². The molecule has 3 nitrogen and oxygen atoms in total. The highest BCUT2D eigenvalue weighted by molar-refractivity contribution is 6.31. The van der Waals surface area contributed by atoms with Gasteiger partial charge >= 0.3 is 0 Å². The Morgan fingerprint density at radius 2 is 1.82 bits per heavy atom. The molecule has 0 spiro atoms. The summed E-state index contributed by atoms with van der Waals surface area (Å²) in [5.74, 6) is 0.572. The molecule has 0 aliphatic rings. The lowest BCUT2D eigenvalue weighted by Gasteiger charge is -1.95. The van der Waals surface area contributed by atoms with Crippen LogP contribution in [0.3, 0.4) is 0 Å². The van der Waals surface area contributed by atoms with Crippen molar-refractivity contribution in [2.45, 2.75) is 0 Å². The van der Waals surface area contributed by atoms with Crippen LogP contribution < -0.4 is 5.73 Å². The van der Waals surface area contributed by atoms with Crippen LogP contribution in [0.2, 0.25) is 5.02 Å². The molecule has 84 valence electrons. The van der Waals surface area contributed by atoms with E-state index in [1.54, 1.807) is 12.1 Å². The van der Waals surface area contributed by atoms with Gasteiger partial charge in [0, 0.05) is 16.3 Å². The van der Waals surface area contributed by atoms with Crippen LogP contribution in [-0.4, -0.2) is 4.98 Å². The molecular weight excluding hydrogens is 236 g/mol. The van der Waals surface area contributed by atoms with Crippen molar-refractivity contribution in [2.24, 2.45) is 0 Å². The summed E-state index contributed by atoms with van der Waals surface area (Å²) in [6.07, 6.45) is 0. The highest BCUT2D eigenvalue weighted by Gasteiger charge is 2.07. The maximum absolute atomic E-state index is 5.90. The summed E-state index contributed by atoms with van der Waals surface area (Å²) in [5.41, 5.74) is 8.72. The first kappa shape index (κ1) is 10.2. The standard InChI is InChI=1S/C13H9ClN2O/c14-9-3-6-12-11(7-9)16-13(17-12)8-1-4-10(15)5-2-8/h1-7H,15H2. The molecule has 1 aromatic heterocycles. The van der Waals surface area contributed by atoms with Crippen molar-refractivity contribution in [1.29, 1.82) is 0 Å². The van der Waals surface area contributed by atoms with Gasteiger partial charge in [0.1, 0.15) is 5.52 Å². The topological polar surface area (TPSA) is 52.0 Å². The number of aromatic nitrogens is 1. The summed E-state index contributed by atoms with van der Waals surface area (Å²) in [4.78, 5) is 4.38. The molecule has 17 heavy (non-hydrogen) atoms. The Morgan fingerprint density at radius 1 is 1.06 bits per heavy atom. The molecule has 3 aromatic rings. The van der Waals surface area contributed by atoms with Crippen LogP contribution in [0.25, 0.3) is 22.6 Å². The first-order valence-corrected chi connectivity index (χ1v) is 5.52. The van der Waals surface area contributed by atoms with Gasteiger partial charge in [0.15, 0.2) is 5.58 Å². The van der Waals surface area contributed by atoms with Crippen molar-refractivity contribution in [3.63, 3.8) is 0 Å². The molecule has 2 N–H and O–H groups in total. The van der Waals surface area contributed by atoms with Crippen molar-refractivity contribution in [2.75, 3.05) is 5.73 Å². The Labute approximate surface area is 103 Å². The molecule has 0 saturated carbocycles. The van der Waals surface area contributed by atoms with Gasteiger partial charge in [-0.05, 0) is 42.5 Å². The Morgan fingerprint density at radius 3 is 2.59 bits per heavy atom. The van der Waals surface area contributed by atoms with E-state index in [0.717, 1.165) is 16.7 Å². The molecule has 0 aliphatic carbocycles. The van der Waals surface area contributed by atoms with E-state index in [0.29, 0.717) is 16.6 Å². The molecule has 0 amide bonds. The molecular formula is C13H9ClN2O. The highest BCUT2D eigenvalue weighted by Crippen LogP contribution is 2.26. The summed E-state index contributed by atoms with van der Waals surface area (Å²) < 4.78 is 5.64. The number of benzene rings is 2. The molecule has 0 fully saturated rings. The van der Waals surface area contributed by atoms with E-state index in [1.807, 2.05) is 30.3 Å². The summed E-state index contributed by atoms with van der Waals surface area (Å²) in [7, 11) is 0. The number of oxazole rings is 1. The molecule has 0 aliphatic heterocycles. The Hall–Kier alpha value is -2.00. The van der Waals surface area contributed by atoms with Gasteiger partial charge in [-0.2, -0.15) is 0 Å². The lowest BCUT2D eigenvalue weighted by molar-refractivity contribution is 0.620. The third kappa shape index (κ3) is 1.85. The number of anilines is 1. The van der Waals surface area contributed by atoms with Crippen molar-refractivity contribution < 1.29 is 4.42 Å². The largest absolute Gasteiger partial charge is 0.436 e. The maximum atomic E-state index is 5.90. The summed E-state index contributed by atoms with van der Waals surface area (Å²) in [6.45, 7) is 0. The molecule has 0 unspecified atom stereocenters. The number of halogens is 1. The third-order valence-electron chi connectivity index (χ3n) is 2.51. The molecule has 2 aromatic carbocycles. The van der Waals surface area contributed by atoms with E-state index in [9.17, 15) is 0 Å². The van der Waals surface area contributed by atoms with Crippen molar-refractivity contribution in [3.8, 4) is 11.5 Å². The zero-order chi connectivity index (χ0) is 11.8. The van der Waals surface area contributed by atoms with Crippen LogP contribution in [0, 0.1) is 0 Å². The van der Waals surface area contributed by atoms with Crippen LogP contribution in [-0.2, 0) is 0 Å². The molecule has 0 atom stereocenters. The third-order valence-corrected chi connectivity index (χ3v) is 2.74. The number of nitrogen functional groups attached to an aromatic ring is 1. The first-order valence-electron chi connectivity index (χ1n) is 5.14. The fraction of sp³-hybridized carbons (Fsp3) is 0. The SMILES string of the molecule is Nc1ccc(-c2nc3cc(Cl)ccc3o2)cc1. The van der Waals surface area contributed by atoms with Gasteiger partial charge in [0.05, 0.1) is 0 Å². The summed E-state index contributed by atoms with van der Waals surface area (Å²) in [5, 5.41) is 0.648.